The Bertz CT molecular complexity index is 1580. The van der Waals surface area contributed by atoms with E-state index in [0.717, 1.165) is 27.7 Å². The minimum atomic E-state index is -3.53. The maximum atomic E-state index is 12.9. The number of methoxy groups -OCH3 is 1. The Balaban J connectivity index is 1.60. The number of aromatic nitrogens is 4. The zero-order valence-corrected chi connectivity index (χ0v) is 21.6. The summed E-state index contributed by atoms with van der Waals surface area (Å²) in [5.41, 5.74) is 4.15. The van der Waals surface area contributed by atoms with E-state index in [2.05, 4.69) is 20.0 Å². The maximum absolute atomic E-state index is 12.9. The first kappa shape index (κ1) is 25.6. The van der Waals surface area contributed by atoms with Gasteiger partial charge in [-0.05, 0) is 33.5 Å². The van der Waals surface area contributed by atoms with Crippen LogP contribution in [0.15, 0.2) is 96.3 Å². The lowest BCUT2D eigenvalue weighted by atomic mass is 10.0. The van der Waals surface area contributed by atoms with Crippen molar-refractivity contribution in [2.75, 3.05) is 25.6 Å². The predicted octanol–water partition coefficient (Wildman–Crippen LogP) is 4.85. The normalized spacial score (nSPS) is 12.8. The summed E-state index contributed by atoms with van der Waals surface area (Å²) < 4.78 is 31.0. The van der Waals surface area contributed by atoms with Gasteiger partial charge in [-0.3, -0.25) is 9.97 Å². The standard InChI is InChI=1S/C28H26N6O3S/c1-37-15-14-32-38(35,36)23-16-21(17-29-19-23)27-33-25-12-7-11-24(20-8-3-2-4-9-20)26(25)28(34-27)31-18-22-10-5-6-13-30-22/h2-13,16-17,19H,14-15,18H2,1H3,(H2-,31,32,33,34,35,36)/p+1. The third-order valence-electron chi connectivity index (χ3n) is 5.87. The number of ether oxygens (including phenoxy) is 1. The van der Waals surface area contributed by atoms with Gasteiger partial charge in [0.2, 0.25) is 4.90 Å². The molecule has 9 nitrogen and oxygen atoms in total. The summed E-state index contributed by atoms with van der Waals surface area (Å²) in [4.78, 5) is 18.4. The van der Waals surface area contributed by atoms with Crippen LogP contribution in [0.4, 0.5) is 5.82 Å². The number of pyridine rings is 2. The molecule has 0 saturated heterocycles. The quantitative estimate of drug-likeness (QED) is 0.174. The topological polar surface area (TPSA) is 122 Å². The van der Waals surface area contributed by atoms with Gasteiger partial charge in [-0.2, -0.15) is 4.55 Å². The van der Waals surface area contributed by atoms with Crippen LogP contribution in [0.1, 0.15) is 5.69 Å². The number of hydrogen-bond acceptors (Lipinski definition) is 7. The monoisotopic (exact) mass is 527 g/mol. The summed E-state index contributed by atoms with van der Waals surface area (Å²) in [5, 5.41) is 4.31. The molecule has 10 heteroatoms. The van der Waals surface area contributed by atoms with Crippen molar-refractivity contribution in [3.8, 4) is 22.5 Å². The third kappa shape index (κ3) is 5.74. The molecule has 5 aromatic rings. The molecule has 0 aliphatic rings. The van der Waals surface area contributed by atoms with Crippen molar-refractivity contribution in [3.63, 3.8) is 0 Å². The van der Waals surface area contributed by atoms with Crippen LogP contribution in [-0.4, -0.2) is 44.8 Å². The minimum absolute atomic E-state index is 0.135. The molecule has 0 saturated carbocycles. The van der Waals surface area contributed by atoms with Crippen molar-refractivity contribution in [2.24, 2.45) is 0 Å². The Morgan fingerprint density at radius 2 is 1.79 bits per heavy atom. The smallest absolute Gasteiger partial charge is 0.324 e. The van der Waals surface area contributed by atoms with Crippen molar-refractivity contribution in [3.05, 3.63) is 97.1 Å². The van der Waals surface area contributed by atoms with Crippen LogP contribution in [-0.2, 0) is 25.9 Å². The van der Waals surface area contributed by atoms with Crippen LogP contribution < -0.4 is 10.0 Å². The zero-order chi connectivity index (χ0) is 26.4. The van der Waals surface area contributed by atoms with E-state index in [1.165, 1.54) is 13.3 Å². The molecule has 0 aliphatic carbocycles. The molecule has 0 fully saturated rings. The number of nitrogens with zero attached hydrogens (tertiary/aromatic N) is 4. The molecule has 3 aromatic heterocycles. The lowest BCUT2D eigenvalue weighted by Crippen LogP contribution is -2.32. The van der Waals surface area contributed by atoms with E-state index < -0.39 is 10.4 Å². The molecular weight excluding hydrogens is 500 g/mol. The van der Waals surface area contributed by atoms with Gasteiger partial charge >= 0.3 is 10.4 Å². The van der Waals surface area contributed by atoms with Gasteiger partial charge in [0.25, 0.3) is 0 Å². The number of nitrogens with one attached hydrogen (secondary N) is 2. The molecule has 1 atom stereocenters. The van der Waals surface area contributed by atoms with Crippen molar-refractivity contribution < 1.29 is 13.5 Å². The number of fused-ring (bicyclic) bond motifs is 1. The highest BCUT2D eigenvalue weighted by atomic mass is 32.3. The van der Waals surface area contributed by atoms with Crippen LogP contribution in [0.25, 0.3) is 33.4 Å². The highest BCUT2D eigenvalue weighted by Gasteiger charge is 2.30. The van der Waals surface area contributed by atoms with E-state index in [1.807, 2.05) is 66.7 Å². The summed E-state index contributed by atoms with van der Waals surface area (Å²) in [6.07, 6.45) is 4.69. The first-order valence-corrected chi connectivity index (χ1v) is 13.5. The van der Waals surface area contributed by atoms with Crippen molar-refractivity contribution >= 4 is 27.1 Å². The Morgan fingerprint density at radius 1 is 0.947 bits per heavy atom. The van der Waals surface area contributed by atoms with Gasteiger partial charge in [0, 0.05) is 31.1 Å². The summed E-state index contributed by atoms with van der Waals surface area (Å²) in [5.74, 6) is 1.01. The average molecular weight is 528 g/mol. The number of rotatable bonds is 10. The summed E-state index contributed by atoms with van der Waals surface area (Å²) in [6.45, 7) is 0.974. The summed E-state index contributed by atoms with van der Waals surface area (Å²) in [6, 6.07) is 23.3. The van der Waals surface area contributed by atoms with Crippen molar-refractivity contribution in [2.45, 2.75) is 11.4 Å². The van der Waals surface area contributed by atoms with E-state index >= 15 is 0 Å². The first-order valence-electron chi connectivity index (χ1n) is 12.0. The second-order valence-corrected chi connectivity index (χ2v) is 10.3. The predicted molar refractivity (Wildman–Crippen MR) is 149 cm³/mol. The Hall–Kier alpha value is -4.09. The first-order chi connectivity index (χ1) is 18.5. The molecular formula is C28H27N6O3S+. The third-order valence-corrected chi connectivity index (χ3v) is 7.32. The molecule has 192 valence electrons. The lowest BCUT2D eigenvalue weighted by Gasteiger charge is -2.14. The fraction of sp³-hybridized carbons (Fsp3) is 0.143. The zero-order valence-electron chi connectivity index (χ0n) is 20.7. The molecule has 0 spiro atoms. The van der Waals surface area contributed by atoms with Gasteiger partial charge < -0.3 is 10.1 Å². The molecule has 0 radical (unpaired) electrons. The Kier molecular flexibility index (Phi) is 7.75. The molecule has 3 N–H and O–H groups in total. The Morgan fingerprint density at radius 3 is 2.58 bits per heavy atom. The molecule has 0 aliphatic heterocycles. The molecule has 38 heavy (non-hydrogen) atoms. The van der Waals surface area contributed by atoms with Gasteiger partial charge in [-0.1, -0.05) is 48.5 Å². The van der Waals surface area contributed by atoms with Crippen LogP contribution in [0.2, 0.25) is 0 Å². The summed E-state index contributed by atoms with van der Waals surface area (Å²) in [7, 11) is -2.00. The van der Waals surface area contributed by atoms with Crippen LogP contribution in [0, 0.1) is 0 Å². The summed E-state index contributed by atoms with van der Waals surface area (Å²) >= 11 is 0. The van der Waals surface area contributed by atoms with E-state index in [1.54, 1.807) is 18.5 Å². The van der Waals surface area contributed by atoms with Crippen LogP contribution in [0.3, 0.4) is 0 Å². The molecule has 2 aromatic carbocycles. The van der Waals surface area contributed by atoms with Gasteiger partial charge in [0.15, 0.2) is 5.82 Å². The average Bonchev–Trinajstić information content (AvgIpc) is 2.96. The van der Waals surface area contributed by atoms with Gasteiger partial charge in [-0.15, -0.1) is 4.72 Å². The van der Waals surface area contributed by atoms with Crippen molar-refractivity contribution in [1.29, 1.82) is 0 Å². The molecule has 0 amide bonds. The molecule has 1 unspecified atom stereocenters. The molecule has 0 bridgehead atoms. The maximum Gasteiger partial charge on any atom is 0.324 e. The van der Waals surface area contributed by atoms with E-state index in [-0.39, 0.29) is 11.4 Å². The minimum Gasteiger partial charge on any atom is -0.383 e. The Labute approximate surface area is 221 Å². The number of hydrogen-bond donors (Lipinski definition) is 3. The lowest BCUT2D eigenvalue weighted by molar-refractivity contribution is 0.204. The second kappa shape index (κ2) is 11.5. The van der Waals surface area contributed by atoms with Crippen molar-refractivity contribution in [1.82, 2.24) is 24.7 Å². The van der Waals surface area contributed by atoms with Gasteiger partial charge in [-0.25, -0.2) is 9.97 Å². The van der Waals surface area contributed by atoms with E-state index in [4.69, 9.17) is 14.7 Å². The highest BCUT2D eigenvalue weighted by Crippen LogP contribution is 2.34. The molecule has 3 heterocycles. The fourth-order valence-electron chi connectivity index (χ4n) is 4.03. The van der Waals surface area contributed by atoms with Crippen LogP contribution in [0.5, 0.6) is 0 Å². The highest BCUT2D eigenvalue weighted by molar-refractivity contribution is 7.95. The van der Waals surface area contributed by atoms with Crippen LogP contribution >= 0.6 is 0 Å². The number of anilines is 1. The van der Waals surface area contributed by atoms with Gasteiger partial charge in [0.05, 0.1) is 42.5 Å². The largest absolute Gasteiger partial charge is 0.383 e. The number of benzene rings is 2. The van der Waals surface area contributed by atoms with Gasteiger partial charge in [0.1, 0.15) is 5.82 Å². The molecule has 5 rings (SSSR count). The SMILES string of the molecule is COCCN[S+](=O)(O)c1cncc(-c2nc(NCc3ccccn3)c3c(-c4ccccc4)cccc3n2)c1. The second-order valence-electron chi connectivity index (χ2n) is 8.46. The fourth-order valence-corrected chi connectivity index (χ4v) is 5.05. The van der Waals surface area contributed by atoms with E-state index in [9.17, 15) is 8.76 Å². The van der Waals surface area contributed by atoms with E-state index in [0.29, 0.717) is 30.4 Å².